The van der Waals surface area contributed by atoms with Gasteiger partial charge in [-0.25, -0.2) is 23.5 Å². The van der Waals surface area contributed by atoms with Crippen molar-refractivity contribution in [2.75, 3.05) is 0 Å². The zero-order valence-electron chi connectivity index (χ0n) is 26.3. The second kappa shape index (κ2) is 9.20. The van der Waals surface area contributed by atoms with Crippen molar-refractivity contribution < 1.29 is 5.11 Å². The van der Waals surface area contributed by atoms with Crippen LogP contribution in [0.25, 0.3) is 5.69 Å². The molecule has 6 aliphatic rings. The van der Waals surface area contributed by atoms with Crippen LogP contribution in [0.4, 0.5) is 0 Å². The third-order valence-electron chi connectivity index (χ3n) is 13.5. The van der Waals surface area contributed by atoms with E-state index in [0.29, 0.717) is 35.8 Å². The van der Waals surface area contributed by atoms with Crippen LogP contribution in [0.3, 0.4) is 0 Å². The van der Waals surface area contributed by atoms with Crippen LogP contribution in [0.2, 0.25) is 0 Å². The average Bonchev–Trinajstić information content (AvgIpc) is 3.46. The van der Waals surface area contributed by atoms with Gasteiger partial charge in [0.05, 0.1) is 22.9 Å². The fraction of sp³-hybridized carbons (Fsp3) is 0.667. The standard InChI is InChI=1S/C36H49N3O3/c1-23(2)24(3)12-13-25(4)28-14-15-29-33(28,5)18-17-30-34(6)19-16-27(40)22-35(34)20-21-36(29,30)39-32(42)37(31(41)38(35)39)26-10-8-7-9-11-26/h7-13,20-21,23-25,27-30,40H,14-19,22H2,1-6H3/t24-,25+,27-,28+,29+,30+,33+,34+,35+,36-/m0/s1. The lowest BCUT2D eigenvalue weighted by molar-refractivity contribution is -0.199. The maximum absolute atomic E-state index is 14.7. The van der Waals surface area contributed by atoms with Crippen molar-refractivity contribution in [3.63, 3.8) is 0 Å². The van der Waals surface area contributed by atoms with E-state index in [2.05, 4.69) is 65.8 Å². The third-order valence-corrected chi connectivity index (χ3v) is 13.5. The number of fused-ring (bicyclic) bond motifs is 1. The number of nitrogens with zero attached hydrogens (tertiary/aromatic N) is 3. The lowest BCUT2D eigenvalue weighted by Gasteiger charge is -2.71. The van der Waals surface area contributed by atoms with Crippen LogP contribution in [0.1, 0.15) is 86.5 Å². The smallest absolute Gasteiger partial charge is 0.352 e. The molecule has 42 heavy (non-hydrogen) atoms. The van der Waals surface area contributed by atoms with E-state index >= 15 is 0 Å². The minimum atomic E-state index is -0.706. The van der Waals surface area contributed by atoms with Crippen molar-refractivity contribution in [3.05, 3.63) is 75.6 Å². The summed E-state index contributed by atoms with van der Waals surface area (Å²) in [7, 11) is 0. The van der Waals surface area contributed by atoms with E-state index in [-0.39, 0.29) is 34.0 Å². The molecule has 6 heteroatoms. The summed E-state index contributed by atoms with van der Waals surface area (Å²) in [5.41, 5.74) is -1.29. The Kier molecular flexibility index (Phi) is 6.18. The van der Waals surface area contributed by atoms with E-state index in [1.807, 2.05) is 39.7 Å². The Bertz CT molecular complexity index is 1560. The van der Waals surface area contributed by atoms with Gasteiger partial charge in [-0.15, -0.1) is 0 Å². The lowest BCUT2D eigenvalue weighted by Crippen LogP contribution is -2.76. The third kappa shape index (κ3) is 3.31. The summed E-state index contributed by atoms with van der Waals surface area (Å²) in [6, 6.07) is 9.40. The summed E-state index contributed by atoms with van der Waals surface area (Å²) in [6.07, 6.45) is 15.5. The number of para-hydroxylation sites is 1. The van der Waals surface area contributed by atoms with Gasteiger partial charge in [-0.3, -0.25) is 0 Å². The minimum absolute atomic E-state index is 0.0582. The molecule has 3 fully saturated rings. The highest BCUT2D eigenvalue weighted by atomic mass is 16.3. The molecule has 1 aromatic carbocycles. The van der Waals surface area contributed by atoms with Crippen LogP contribution >= 0.6 is 0 Å². The molecule has 0 amide bonds. The molecule has 3 heterocycles. The molecule has 2 aromatic rings. The molecule has 2 aliphatic heterocycles. The van der Waals surface area contributed by atoms with E-state index in [1.54, 1.807) is 0 Å². The van der Waals surface area contributed by atoms with Crippen LogP contribution in [0.15, 0.2) is 64.2 Å². The molecule has 2 bridgehead atoms. The summed E-state index contributed by atoms with van der Waals surface area (Å²) in [5.74, 6) is 2.67. The SMILES string of the molecule is CC(C)[C@@H](C)C=C[C@@H](C)[C@H]1CC[C@@H]2[C@]1(C)CC[C@H]1[C@]23C=C[C@]2(C[C@@H](O)CC[C@]12C)n1c(=O)n(-c2ccccc2)c(=O)n13. The lowest BCUT2D eigenvalue weighted by atomic mass is 9.40. The molecule has 8 rings (SSSR count). The zero-order valence-corrected chi connectivity index (χ0v) is 26.3. The topological polar surface area (TPSA) is 69.2 Å². The molecule has 10 atom stereocenters. The first-order chi connectivity index (χ1) is 19.9. The van der Waals surface area contributed by atoms with E-state index in [4.69, 9.17) is 0 Å². The van der Waals surface area contributed by atoms with Gasteiger partial charge in [0.25, 0.3) is 0 Å². The largest absolute Gasteiger partial charge is 0.393 e. The van der Waals surface area contributed by atoms with Gasteiger partial charge in [0, 0.05) is 11.8 Å². The van der Waals surface area contributed by atoms with Gasteiger partial charge in [0.1, 0.15) is 0 Å². The Labute approximate surface area is 250 Å². The number of aliphatic hydroxyl groups is 1. The predicted octanol–water partition coefficient (Wildman–Crippen LogP) is 6.25. The van der Waals surface area contributed by atoms with Crippen molar-refractivity contribution in [3.8, 4) is 5.69 Å². The minimum Gasteiger partial charge on any atom is -0.393 e. The molecule has 4 aliphatic carbocycles. The first-order valence-electron chi connectivity index (χ1n) is 16.5. The van der Waals surface area contributed by atoms with Crippen molar-refractivity contribution in [2.45, 2.75) is 104 Å². The number of allylic oxidation sites excluding steroid dienone is 4. The van der Waals surface area contributed by atoms with Crippen molar-refractivity contribution in [1.29, 1.82) is 0 Å². The fourth-order valence-electron chi connectivity index (χ4n) is 11.0. The summed E-state index contributed by atoms with van der Waals surface area (Å²) in [5, 5.41) is 11.0. The number of rotatable bonds is 5. The first-order valence-corrected chi connectivity index (χ1v) is 16.5. The fourth-order valence-corrected chi connectivity index (χ4v) is 11.0. The van der Waals surface area contributed by atoms with Crippen LogP contribution < -0.4 is 11.4 Å². The van der Waals surface area contributed by atoms with E-state index in [0.717, 1.165) is 38.5 Å². The van der Waals surface area contributed by atoms with Gasteiger partial charge in [-0.1, -0.05) is 84.0 Å². The van der Waals surface area contributed by atoms with Gasteiger partial charge < -0.3 is 5.11 Å². The number of hydrogen-bond donors (Lipinski definition) is 1. The summed E-state index contributed by atoms with van der Waals surface area (Å²) >= 11 is 0. The van der Waals surface area contributed by atoms with Crippen molar-refractivity contribution in [2.24, 2.45) is 46.3 Å². The highest BCUT2D eigenvalue weighted by Crippen LogP contribution is 2.73. The highest BCUT2D eigenvalue weighted by molar-refractivity contribution is 5.38. The Morgan fingerprint density at radius 1 is 0.857 bits per heavy atom. The Morgan fingerprint density at radius 3 is 2.29 bits per heavy atom. The molecule has 0 unspecified atom stereocenters. The van der Waals surface area contributed by atoms with Gasteiger partial charge in [0.15, 0.2) is 0 Å². The molecule has 2 spiro atoms. The molecule has 1 N–H and O–H groups in total. The quantitative estimate of drug-likeness (QED) is 0.431. The first kappa shape index (κ1) is 28.2. The van der Waals surface area contributed by atoms with Gasteiger partial charge >= 0.3 is 11.4 Å². The monoisotopic (exact) mass is 571 g/mol. The summed E-state index contributed by atoms with van der Waals surface area (Å²) in [6.45, 7) is 14.1. The number of benzene rings is 1. The number of hydrogen-bond acceptors (Lipinski definition) is 3. The van der Waals surface area contributed by atoms with Gasteiger partial charge in [-0.05, 0) is 91.6 Å². The molecule has 6 nitrogen and oxygen atoms in total. The predicted molar refractivity (Wildman–Crippen MR) is 167 cm³/mol. The number of aliphatic hydroxyl groups excluding tert-OH is 1. The van der Waals surface area contributed by atoms with Crippen LogP contribution in [0, 0.1) is 46.3 Å². The normalized spacial score (nSPS) is 41.4. The van der Waals surface area contributed by atoms with Crippen LogP contribution in [-0.2, 0) is 11.1 Å². The van der Waals surface area contributed by atoms with E-state index in [1.165, 1.54) is 4.57 Å². The molecular formula is C36H49N3O3. The molecule has 0 radical (unpaired) electrons. The Balaban J connectivity index is 1.43. The van der Waals surface area contributed by atoms with E-state index < -0.39 is 17.2 Å². The molecule has 226 valence electrons. The summed E-state index contributed by atoms with van der Waals surface area (Å²) in [4.78, 5) is 29.2. The zero-order chi connectivity index (χ0) is 29.8. The van der Waals surface area contributed by atoms with Gasteiger partial charge in [-0.2, -0.15) is 0 Å². The average molecular weight is 572 g/mol. The maximum atomic E-state index is 14.7. The van der Waals surface area contributed by atoms with Gasteiger partial charge in [0.2, 0.25) is 0 Å². The second-order valence-corrected chi connectivity index (χ2v) is 15.5. The summed E-state index contributed by atoms with van der Waals surface area (Å²) < 4.78 is 5.17. The molecular weight excluding hydrogens is 522 g/mol. The van der Waals surface area contributed by atoms with Crippen LogP contribution in [0.5, 0.6) is 0 Å². The molecule has 1 aromatic heterocycles. The molecule has 0 saturated heterocycles. The highest BCUT2D eigenvalue weighted by Gasteiger charge is 2.75. The molecule has 3 saturated carbocycles. The Hall–Kier alpha value is -2.60. The van der Waals surface area contributed by atoms with Crippen LogP contribution in [-0.4, -0.2) is 25.1 Å². The second-order valence-electron chi connectivity index (χ2n) is 15.5. The van der Waals surface area contributed by atoms with Crippen molar-refractivity contribution >= 4 is 0 Å². The maximum Gasteiger partial charge on any atom is 0.352 e. The van der Waals surface area contributed by atoms with E-state index in [9.17, 15) is 14.7 Å². The number of aromatic nitrogens is 3. The van der Waals surface area contributed by atoms with Crippen molar-refractivity contribution in [1.82, 2.24) is 13.9 Å². The Morgan fingerprint density at radius 2 is 1.57 bits per heavy atom.